The number of nitrogens with two attached hydrogens (primary N) is 1. The molecule has 1 amide bonds. The molecule has 0 saturated carbocycles. The van der Waals surface area contributed by atoms with Gasteiger partial charge in [0.2, 0.25) is 5.91 Å². The fourth-order valence-corrected chi connectivity index (χ4v) is 2.42. The van der Waals surface area contributed by atoms with Crippen molar-refractivity contribution in [3.05, 3.63) is 0 Å². The van der Waals surface area contributed by atoms with Gasteiger partial charge in [0.05, 0.1) is 6.04 Å². The van der Waals surface area contributed by atoms with Crippen molar-refractivity contribution in [2.45, 2.75) is 52.5 Å². The maximum absolute atomic E-state index is 12.0. The third-order valence-electron chi connectivity index (χ3n) is 3.78. The molecule has 1 aliphatic heterocycles. The van der Waals surface area contributed by atoms with Gasteiger partial charge in [0.15, 0.2) is 0 Å². The summed E-state index contributed by atoms with van der Waals surface area (Å²) in [7, 11) is 0. The number of hydrogen-bond donors (Lipinski definition) is 1. The molecule has 0 spiro atoms. The van der Waals surface area contributed by atoms with Crippen LogP contribution in [-0.4, -0.2) is 29.9 Å². The molecule has 0 aromatic heterocycles. The molecule has 1 fully saturated rings. The standard InChI is InChI=1S/C13H26N2O/c1-4-12(14)13(16)15-8-5-6-11(7-9-15)10(2)3/h10-12H,4-9,14H2,1-3H3/t11?,12-/m1/s1. The van der Waals surface area contributed by atoms with Crippen molar-refractivity contribution in [1.29, 1.82) is 0 Å². The molecule has 2 N–H and O–H groups in total. The van der Waals surface area contributed by atoms with Gasteiger partial charge in [-0.1, -0.05) is 20.8 Å². The number of likely N-dealkylation sites (tertiary alicyclic amines) is 1. The van der Waals surface area contributed by atoms with Crippen molar-refractivity contribution in [3.63, 3.8) is 0 Å². The average Bonchev–Trinajstić information content (AvgIpc) is 2.52. The number of rotatable bonds is 3. The van der Waals surface area contributed by atoms with E-state index in [9.17, 15) is 4.79 Å². The predicted molar refractivity (Wildman–Crippen MR) is 67.0 cm³/mol. The highest BCUT2D eigenvalue weighted by Gasteiger charge is 2.24. The van der Waals surface area contributed by atoms with Gasteiger partial charge < -0.3 is 10.6 Å². The first-order valence-electron chi connectivity index (χ1n) is 6.60. The average molecular weight is 226 g/mol. The molecule has 1 heterocycles. The minimum atomic E-state index is -0.296. The summed E-state index contributed by atoms with van der Waals surface area (Å²) >= 11 is 0. The molecule has 3 heteroatoms. The Morgan fingerprint density at radius 2 is 2.06 bits per heavy atom. The van der Waals surface area contributed by atoms with Crippen LogP contribution in [0.5, 0.6) is 0 Å². The first-order chi connectivity index (χ1) is 7.56. The molecule has 2 atom stereocenters. The summed E-state index contributed by atoms with van der Waals surface area (Å²) in [5, 5.41) is 0. The van der Waals surface area contributed by atoms with Gasteiger partial charge in [-0.05, 0) is 37.5 Å². The van der Waals surface area contributed by atoms with Crippen molar-refractivity contribution < 1.29 is 4.79 Å². The fourth-order valence-electron chi connectivity index (χ4n) is 2.42. The second kappa shape index (κ2) is 6.24. The van der Waals surface area contributed by atoms with E-state index >= 15 is 0 Å². The summed E-state index contributed by atoms with van der Waals surface area (Å²) in [4.78, 5) is 13.9. The molecule has 1 unspecified atom stereocenters. The van der Waals surface area contributed by atoms with Crippen LogP contribution in [0.2, 0.25) is 0 Å². The van der Waals surface area contributed by atoms with Gasteiger partial charge in [-0.3, -0.25) is 4.79 Å². The fraction of sp³-hybridized carbons (Fsp3) is 0.923. The smallest absolute Gasteiger partial charge is 0.239 e. The van der Waals surface area contributed by atoms with Crippen LogP contribution in [0.25, 0.3) is 0 Å². The zero-order valence-electron chi connectivity index (χ0n) is 10.9. The summed E-state index contributed by atoms with van der Waals surface area (Å²) < 4.78 is 0. The van der Waals surface area contributed by atoms with Crippen LogP contribution >= 0.6 is 0 Å². The van der Waals surface area contributed by atoms with Gasteiger partial charge in [0, 0.05) is 13.1 Å². The first-order valence-corrected chi connectivity index (χ1v) is 6.60. The van der Waals surface area contributed by atoms with Crippen LogP contribution in [0.15, 0.2) is 0 Å². The Morgan fingerprint density at radius 3 is 2.62 bits per heavy atom. The number of carbonyl (C=O) groups excluding carboxylic acids is 1. The molecule has 1 aliphatic rings. The lowest BCUT2D eigenvalue weighted by molar-refractivity contribution is -0.132. The Kier molecular flexibility index (Phi) is 5.26. The second-order valence-electron chi connectivity index (χ2n) is 5.28. The Labute approximate surface area is 99.4 Å². The Morgan fingerprint density at radius 1 is 1.38 bits per heavy atom. The predicted octanol–water partition coefficient (Wildman–Crippen LogP) is 2.01. The second-order valence-corrected chi connectivity index (χ2v) is 5.28. The molecule has 0 radical (unpaired) electrons. The monoisotopic (exact) mass is 226 g/mol. The third-order valence-corrected chi connectivity index (χ3v) is 3.78. The van der Waals surface area contributed by atoms with Crippen molar-refractivity contribution >= 4 is 5.91 Å². The van der Waals surface area contributed by atoms with E-state index in [1.807, 2.05) is 11.8 Å². The van der Waals surface area contributed by atoms with Gasteiger partial charge in [-0.25, -0.2) is 0 Å². The van der Waals surface area contributed by atoms with Gasteiger partial charge in [0.25, 0.3) is 0 Å². The van der Waals surface area contributed by atoms with E-state index in [2.05, 4.69) is 13.8 Å². The van der Waals surface area contributed by atoms with E-state index in [1.165, 1.54) is 6.42 Å². The summed E-state index contributed by atoms with van der Waals surface area (Å²) in [6.07, 6.45) is 4.26. The molecule has 94 valence electrons. The van der Waals surface area contributed by atoms with Crippen molar-refractivity contribution in [2.75, 3.05) is 13.1 Å². The van der Waals surface area contributed by atoms with Crippen LogP contribution in [-0.2, 0) is 4.79 Å². The van der Waals surface area contributed by atoms with Gasteiger partial charge in [-0.15, -0.1) is 0 Å². The molecule has 16 heavy (non-hydrogen) atoms. The van der Waals surface area contributed by atoms with E-state index < -0.39 is 0 Å². The molecule has 0 aromatic carbocycles. The first kappa shape index (κ1) is 13.5. The number of carbonyl (C=O) groups is 1. The quantitative estimate of drug-likeness (QED) is 0.800. The zero-order valence-corrected chi connectivity index (χ0v) is 10.9. The normalized spacial score (nSPS) is 24.3. The summed E-state index contributed by atoms with van der Waals surface area (Å²) in [5.74, 6) is 1.65. The third kappa shape index (κ3) is 3.48. The molecule has 3 nitrogen and oxygen atoms in total. The highest BCUT2D eigenvalue weighted by Crippen LogP contribution is 2.24. The Bertz CT molecular complexity index is 228. The van der Waals surface area contributed by atoms with Crippen molar-refractivity contribution in [3.8, 4) is 0 Å². The molecular formula is C13H26N2O. The largest absolute Gasteiger partial charge is 0.341 e. The van der Waals surface area contributed by atoms with Crippen LogP contribution in [0.1, 0.15) is 46.5 Å². The van der Waals surface area contributed by atoms with E-state index in [4.69, 9.17) is 5.73 Å². The van der Waals surface area contributed by atoms with E-state index in [-0.39, 0.29) is 11.9 Å². The lowest BCUT2D eigenvalue weighted by Gasteiger charge is -2.24. The summed E-state index contributed by atoms with van der Waals surface area (Å²) in [6, 6.07) is -0.296. The van der Waals surface area contributed by atoms with Gasteiger partial charge in [0.1, 0.15) is 0 Å². The molecule has 1 rings (SSSR count). The Balaban J connectivity index is 2.50. The maximum Gasteiger partial charge on any atom is 0.239 e. The summed E-state index contributed by atoms with van der Waals surface area (Å²) in [5.41, 5.74) is 5.80. The minimum absolute atomic E-state index is 0.145. The molecular weight excluding hydrogens is 200 g/mol. The van der Waals surface area contributed by atoms with Gasteiger partial charge in [-0.2, -0.15) is 0 Å². The number of hydrogen-bond acceptors (Lipinski definition) is 2. The Hall–Kier alpha value is -0.570. The highest BCUT2D eigenvalue weighted by atomic mass is 16.2. The SMILES string of the molecule is CC[C@@H](N)C(=O)N1CCCC(C(C)C)CC1. The maximum atomic E-state index is 12.0. The molecule has 0 aromatic rings. The highest BCUT2D eigenvalue weighted by molar-refractivity contribution is 5.81. The van der Waals surface area contributed by atoms with E-state index in [0.717, 1.165) is 44.2 Å². The van der Waals surface area contributed by atoms with Crippen LogP contribution < -0.4 is 5.73 Å². The zero-order chi connectivity index (χ0) is 12.1. The lowest BCUT2D eigenvalue weighted by Crippen LogP contribution is -2.43. The summed E-state index contributed by atoms with van der Waals surface area (Å²) in [6.45, 7) is 8.32. The van der Waals surface area contributed by atoms with Crippen molar-refractivity contribution in [1.82, 2.24) is 4.90 Å². The van der Waals surface area contributed by atoms with Gasteiger partial charge >= 0.3 is 0 Å². The lowest BCUT2D eigenvalue weighted by atomic mass is 9.89. The van der Waals surface area contributed by atoms with E-state index in [0.29, 0.717) is 0 Å². The van der Waals surface area contributed by atoms with Crippen LogP contribution in [0, 0.1) is 11.8 Å². The molecule has 0 bridgehead atoms. The van der Waals surface area contributed by atoms with Crippen molar-refractivity contribution in [2.24, 2.45) is 17.6 Å². The van der Waals surface area contributed by atoms with Crippen LogP contribution in [0.3, 0.4) is 0 Å². The minimum Gasteiger partial charge on any atom is -0.341 e. The molecule has 0 aliphatic carbocycles. The topological polar surface area (TPSA) is 46.3 Å². The van der Waals surface area contributed by atoms with E-state index in [1.54, 1.807) is 0 Å². The number of amides is 1. The molecule has 1 saturated heterocycles. The number of nitrogens with zero attached hydrogens (tertiary/aromatic N) is 1. The van der Waals surface area contributed by atoms with Crippen LogP contribution in [0.4, 0.5) is 0 Å².